The second-order valence-electron chi connectivity index (χ2n) is 4.76. The zero-order chi connectivity index (χ0) is 16.5. The van der Waals surface area contributed by atoms with E-state index in [0.29, 0.717) is 18.8 Å². The lowest BCUT2D eigenvalue weighted by Gasteiger charge is -2.08. The van der Waals surface area contributed by atoms with Gasteiger partial charge < -0.3 is 18.9 Å². The molecular weight excluding hydrogens is 296 g/mol. The van der Waals surface area contributed by atoms with E-state index in [9.17, 15) is 4.79 Å². The van der Waals surface area contributed by atoms with Crippen LogP contribution in [0.1, 0.15) is 10.4 Å². The maximum Gasteiger partial charge on any atom is 0.337 e. The standard InChI is InChI=1S/C18H20O5/c1-20-11-12-22-13-23-17-9-7-15(8-10-17)14-3-5-16(6-4-14)18(19)21-2/h3-10H,11-13H2,1-2H3. The second-order valence-corrected chi connectivity index (χ2v) is 4.76. The summed E-state index contributed by atoms with van der Waals surface area (Å²) < 4.78 is 20.3. The molecule has 5 nitrogen and oxygen atoms in total. The van der Waals surface area contributed by atoms with Crippen LogP contribution < -0.4 is 4.74 Å². The minimum atomic E-state index is -0.339. The molecule has 23 heavy (non-hydrogen) atoms. The lowest BCUT2D eigenvalue weighted by atomic mass is 10.0. The fourth-order valence-electron chi connectivity index (χ4n) is 1.97. The van der Waals surface area contributed by atoms with Gasteiger partial charge in [0, 0.05) is 7.11 Å². The van der Waals surface area contributed by atoms with Gasteiger partial charge in [0.25, 0.3) is 0 Å². The number of ether oxygens (including phenoxy) is 4. The zero-order valence-electron chi connectivity index (χ0n) is 13.3. The number of methoxy groups -OCH3 is 2. The molecule has 0 bridgehead atoms. The average molecular weight is 316 g/mol. The van der Waals surface area contributed by atoms with Crippen LogP contribution in [0.25, 0.3) is 11.1 Å². The highest BCUT2D eigenvalue weighted by molar-refractivity contribution is 5.89. The Morgan fingerprint density at radius 2 is 1.48 bits per heavy atom. The summed E-state index contributed by atoms with van der Waals surface area (Å²) >= 11 is 0. The van der Waals surface area contributed by atoms with E-state index in [-0.39, 0.29) is 12.8 Å². The molecule has 0 N–H and O–H groups in total. The van der Waals surface area contributed by atoms with Crippen LogP contribution in [-0.4, -0.2) is 40.2 Å². The van der Waals surface area contributed by atoms with Crippen LogP contribution >= 0.6 is 0 Å². The molecule has 5 heteroatoms. The summed E-state index contributed by atoms with van der Waals surface area (Å²) in [5, 5.41) is 0. The Hall–Kier alpha value is -2.37. The first-order valence-electron chi connectivity index (χ1n) is 7.23. The van der Waals surface area contributed by atoms with Crippen molar-refractivity contribution in [3.05, 3.63) is 54.1 Å². The Morgan fingerprint density at radius 3 is 2.04 bits per heavy atom. The van der Waals surface area contributed by atoms with E-state index in [1.165, 1.54) is 7.11 Å². The molecule has 0 atom stereocenters. The molecule has 0 heterocycles. The van der Waals surface area contributed by atoms with Gasteiger partial charge in [0.05, 0.1) is 25.9 Å². The molecule has 0 fully saturated rings. The molecule has 0 unspecified atom stereocenters. The van der Waals surface area contributed by atoms with E-state index >= 15 is 0 Å². The second kappa shape index (κ2) is 8.92. The molecule has 0 saturated heterocycles. The fourth-order valence-corrected chi connectivity index (χ4v) is 1.97. The Kier molecular flexibility index (Phi) is 6.59. The highest BCUT2D eigenvalue weighted by Gasteiger charge is 2.05. The first-order valence-corrected chi connectivity index (χ1v) is 7.23. The van der Waals surface area contributed by atoms with E-state index in [2.05, 4.69) is 4.74 Å². The van der Waals surface area contributed by atoms with Crippen molar-refractivity contribution in [2.45, 2.75) is 0 Å². The van der Waals surface area contributed by atoms with Crippen molar-refractivity contribution in [3.63, 3.8) is 0 Å². The normalized spacial score (nSPS) is 10.3. The van der Waals surface area contributed by atoms with Crippen molar-refractivity contribution in [2.24, 2.45) is 0 Å². The third-order valence-electron chi connectivity index (χ3n) is 3.23. The van der Waals surface area contributed by atoms with Gasteiger partial charge in [0.2, 0.25) is 0 Å². The minimum absolute atomic E-state index is 0.191. The van der Waals surface area contributed by atoms with Crippen LogP contribution in [0.2, 0.25) is 0 Å². The number of hydrogen-bond acceptors (Lipinski definition) is 5. The van der Waals surface area contributed by atoms with Crippen LogP contribution in [0.3, 0.4) is 0 Å². The van der Waals surface area contributed by atoms with Crippen molar-refractivity contribution in [1.82, 2.24) is 0 Å². The maximum atomic E-state index is 11.4. The summed E-state index contributed by atoms with van der Waals surface area (Å²) in [5.41, 5.74) is 2.58. The molecule has 2 aromatic rings. The summed E-state index contributed by atoms with van der Waals surface area (Å²) in [6.07, 6.45) is 0. The smallest absolute Gasteiger partial charge is 0.337 e. The van der Waals surface area contributed by atoms with Crippen molar-refractivity contribution in [1.29, 1.82) is 0 Å². The quantitative estimate of drug-likeness (QED) is 0.425. The predicted octanol–water partition coefficient (Wildman–Crippen LogP) is 3.14. The average Bonchev–Trinajstić information content (AvgIpc) is 2.61. The predicted molar refractivity (Wildman–Crippen MR) is 86.5 cm³/mol. The van der Waals surface area contributed by atoms with Gasteiger partial charge in [-0.2, -0.15) is 0 Å². The molecular formula is C18H20O5. The van der Waals surface area contributed by atoms with Crippen molar-refractivity contribution >= 4 is 5.97 Å². The third-order valence-corrected chi connectivity index (χ3v) is 3.23. The Labute approximate surface area is 135 Å². The summed E-state index contributed by atoms with van der Waals surface area (Å²) in [5.74, 6) is 0.395. The van der Waals surface area contributed by atoms with Gasteiger partial charge in [-0.1, -0.05) is 24.3 Å². The van der Waals surface area contributed by atoms with E-state index in [4.69, 9.17) is 14.2 Å². The summed E-state index contributed by atoms with van der Waals surface area (Å²) in [6.45, 7) is 1.24. The fraction of sp³-hybridized carbons (Fsp3) is 0.278. The molecule has 0 aromatic heterocycles. The van der Waals surface area contributed by atoms with Crippen LogP contribution in [0.5, 0.6) is 5.75 Å². The van der Waals surface area contributed by atoms with E-state index < -0.39 is 0 Å². The van der Waals surface area contributed by atoms with Crippen molar-refractivity contribution in [3.8, 4) is 16.9 Å². The third kappa shape index (κ3) is 5.09. The number of carbonyl (C=O) groups is 1. The molecule has 0 saturated carbocycles. The topological polar surface area (TPSA) is 54.0 Å². The Balaban J connectivity index is 1.92. The van der Waals surface area contributed by atoms with Gasteiger partial charge in [0.15, 0.2) is 6.79 Å². The van der Waals surface area contributed by atoms with Crippen LogP contribution in [0, 0.1) is 0 Å². The first-order chi connectivity index (χ1) is 11.2. The molecule has 2 aromatic carbocycles. The van der Waals surface area contributed by atoms with Gasteiger partial charge in [-0.25, -0.2) is 4.79 Å². The van der Waals surface area contributed by atoms with E-state index in [1.54, 1.807) is 19.2 Å². The lowest BCUT2D eigenvalue weighted by Crippen LogP contribution is -2.07. The van der Waals surface area contributed by atoms with E-state index in [1.807, 2.05) is 36.4 Å². The first kappa shape index (κ1) is 17.0. The largest absolute Gasteiger partial charge is 0.468 e. The molecule has 0 spiro atoms. The summed E-state index contributed by atoms with van der Waals surface area (Å²) in [4.78, 5) is 11.4. The Morgan fingerprint density at radius 1 is 0.870 bits per heavy atom. The number of esters is 1. The summed E-state index contributed by atoms with van der Waals surface area (Å²) in [7, 11) is 2.99. The zero-order valence-corrected chi connectivity index (χ0v) is 13.3. The molecule has 122 valence electrons. The van der Waals surface area contributed by atoms with Gasteiger partial charge in [0.1, 0.15) is 5.75 Å². The molecule has 0 aliphatic heterocycles. The number of rotatable bonds is 8. The Bertz CT molecular complexity index is 604. The molecule has 0 aliphatic carbocycles. The molecule has 2 rings (SSSR count). The summed E-state index contributed by atoms with van der Waals surface area (Å²) in [6, 6.07) is 14.9. The van der Waals surface area contributed by atoms with E-state index in [0.717, 1.165) is 16.9 Å². The van der Waals surface area contributed by atoms with Gasteiger partial charge in [-0.05, 0) is 35.4 Å². The molecule has 0 aliphatic rings. The monoisotopic (exact) mass is 316 g/mol. The van der Waals surface area contributed by atoms with Crippen LogP contribution in [0.4, 0.5) is 0 Å². The molecule has 0 radical (unpaired) electrons. The number of hydrogen-bond donors (Lipinski definition) is 0. The SMILES string of the molecule is COCCOCOc1ccc(-c2ccc(C(=O)OC)cc2)cc1. The van der Waals surface area contributed by atoms with Crippen molar-refractivity contribution < 1.29 is 23.7 Å². The minimum Gasteiger partial charge on any atom is -0.468 e. The van der Waals surface area contributed by atoms with Crippen LogP contribution in [0.15, 0.2) is 48.5 Å². The van der Waals surface area contributed by atoms with Gasteiger partial charge in [-0.3, -0.25) is 0 Å². The molecule has 0 amide bonds. The number of carbonyl (C=O) groups excluding carboxylic acids is 1. The van der Waals surface area contributed by atoms with Gasteiger partial charge in [-0.15, -0.1) is 0 Å². The van der Waals surface area contributed by atoms with Crippen molar-refractivity contribution in [2.75, 3.05) is 34.2 Å². The van der Waals surface area contributed by atoms with Crippen LogP contribution in [-0.2, 0) is 14.2 Å². The maximum absolute atomic E-state index is 11.4. The highest BCUT2D eigenvalue weighted by Crippen LogP contribution is 2.23. The lowest BCUT2D eigenvalue weighted by molar-refractivity contribution is -0.00846. The highest BCUT2D eigenvalue weighted by atomic mass is 16.7. The van der Waals surface area contributed by atoms with Gasteiger partial charge >= 0.3 is 5.97 Å². The number of benzene rings is 2.